The first-order chi connectivity index (χ1) is 9.67. The smallest absolute Gasteiger partial charge is 0.168 e. The van der Waals surface area contributed by atoms with Gasteiger partial charge in [0.25, 0.3) is 0 Å². The van der Waals surface area contributed by atoms with E-state index in [2.05, 4.69) is 26.8 Å². The minimum Gasteiger partial charge on any atom is -0.354 e. The Labute approximate surface area is 117 Å². The Morgan fingerprint density at radius 1 is 1.40 bits per heavy atom. The summed E-state index contributed by atoms with van der Waals surface area (Å²) in [5.74, 6) is 1.36. The quantitative estimate of drug-likeness (QED) is 0.831. The Kier molecular flexibility index (Phi) is 3.20. The lowest BCUT2D eigenvalue weighted by molar-refractivity contribution is 0.400. The van der Waals surface area contributed by atoms with E-state index in [0.29, 0.717) is 22.6 Å². The molecule has 20 heavy (non-hydrogen) atoms. The number of nitrogens with zero attached hydrogens (tertiary/aromatic N) is 5. The molecule has 0 bridgehead atoms. The van der Waals surface area contributed by atoms with E-state index in [4.69, 9.17) is 11.0 Å². The first-order valence-corrected chi connectivity index (χ1v) is 6.69. The zero-order chi connectivity index (χ0) is 14.1. The molecule has 0 unspecified atom stereocenters. The Balaban J connectivity index is 1.99. The first kappa shape index (κ1) is 12.8. The summed E-state index contributed by atoms with van der Waals surface area (Å²) in [6, 6.07) is 3.98. The van der Waals surface area contributed by atoms with Crippen LogP contribution in [-0.4, -0.2) is 34.1 Å². The van der Waals surface area contributed by atoms with Crippen molar-refractivity contribution in [2.24, 2.45) is 11.7 Å². The Morgan fingerprint density at radius 3 is 3.00 bits per heavy atom. The molecule has 0 saturated carbocycles. The van der Waals surface area contributed by atoms with Crippen LogP contribution < -0.4 is 10.6 Å². The van der Waals surface area contributed by atoms with E-state index in [0.717, 1.165) is 25.3 Å². The zero-order valence-corrected chi connectivity index (χ0v) is 11.3. The molecule has 1 aliphatic heterocycles. The predicted octanol–water partition coefficient (Wildman–Crippen LogP) is 1.07. The fourth-order valence-corrected chi connectivity index (χ4v) is 2.76. The van der Waals surface area contributed by atoms with Crippen molar-refractivity contribution in [1.82, 2.24) is 15.0 Å². The molecule has 0 amide bonds. The van der Waals surface area contributed by atoms with Crippen LogP contribution in [0.1, 0.15) is 19.0 Å². The van der Waals surface area contributed by atoms with Gasteiger partial charge in [-0.15, -0.1) is 0 Å². The van der Waals surface area contributed by atoms with E-state index in [-0.39, 0.29) is 6.04 Å². The van der Waals surface area contributed by atoms with Crippen LogP contribution in [0.3, 0.4) is 0 Å². The molecule has 0 aromatic carbocycles. The van der Waals surface area contributed by atoms with Gasteiger partial charge in [0.2, 0.25) is 0 Å². The van der Waals surface area contributed by atoms with Crippen LogP contribution in [0.15, 0.2) is 18.5 Å². The predicted molar refractivity (Wildman–Crippen MR) is 76.0 cm³/mol. The molecule has 3 rings (SSSR count). The van der Waals surface area contributed by atoms with Gasteiger partial charge in [-0.3, -0.25) is 0 Å². The average molecular weight is 268 g/mol. The summed E-state index contributed by atoms with van der Waals surface area (Å²) < 4.78 is 0. The minimum absolute atomic E-state index is 0.170. The largest absolute Gasteiger partial charge is 0.354 e. The van der Waals surface area contributed by atoms with Crippen molar-refractivity contribution in [3.05, 3.63) is 24.2 Å². The molecule has 2 aromatic heterocycles. The lowest BCUT2D eigenvalue weighted by atomic mass is 9.97. The summed E-state index contributed by atoms with van der Waals surface area (Å²) >= 11 is 0. The van der Waals surface area contributed by atoms with E-state index < -0.39 is 0 Å². The fourth-order valence-electron chi connectivity index (χ4n) is 2.76. The Hall–Kier alpha value is -2.26. The second-order valence-corrected chi connectivity index (χ2v) is 5.37. The van der Waals surface area contributed by atoms with Gasteiger partial charge in [0, 0.05) is 25.3 Å². The van der Waals surface area contributed by atoms with Crippen LogP contribution in [0.5, 0.6) is 0 Å². The van der Waals surface area contributed by atoms with Gasteiger partial charge in [0.1, 0.15) is 17.4 Å². The third-order valence-electron chi connectivity index (χ3n) is 3.57. The van der Waals surface area contributed by atoms with E-state index in [1.807, 2.05) is 6.07 Å². The van der Waals surface area contributed by atoms with Crippen molar-refractivity contribution < 1.29 is 0 Å². The van der Waals surface area contributed by atoms with Crippen LogP contribution in [0.2, 0.25) is 0 Å². The van der Waals surface area contributed by atoms with Crippen molar-refractivity contribution in [3.8, 4) is 6.07 Å². The minimum atomic E-state index is 0.170. The highest BCUT2D eigenvalue weighted by atomic mass is 15.2. The maximum atomic E-state index is 9.02. The van der Waals surface area contributed by atoms with Gasteiger partial charge in [0.15, 0.2) is 5.69 Å². The molecule has 2 atom stereocenters. The van der Waals surface area contributed by atoms with E-state index >= 15 is 0 Å². The van der Waals surface area contributed by atoms with Crippen LogP contribution in [0.4, 0.5) is 5.82 Å². The average Bonchev–Trinajstić information content (AvgIpc) is 2.45. The number of aromatic nitrogens is 3. The van der Waals surface area contributed by atoms with Crippen molar-refractivity contribution in [2.45, 2.75) is 19.4 Å². The normalized spacial score (nSPS) is 22.8. The highest BCUT2D eigenvalue weighted by molar-refractivity contribution is 5.79. The third kappa shape index (κ3) is 2.28. The molecule has 2 aromatic rings. The van der Waals surface area contributed by atoms with Crippen LogP contribution >= 0.6 is 0 Å². The van der Waals surface area contributed by atoms with Crippen molar-refractivity contribution in [2.75, 3.05) is 18.0 Å². The summed E-state index contributed by atoms with van der Waals surface area (Å²) in [6.07, 6.45) is 4.33. The van der Waals surface area contributed by atoms with E-state index in [9.17, 15) is 0 Å². The number of hydrogen-bond acceptors (Lipinski definition) is 6. The first-order valence-electron chi connectivity index (χ1n) is 6.69. The summed E-state index contributed by atoms with van der Waals surface area (Å²) in [4.78, 5) is 15.1. The van der Waals surface area contributed by atoms with Crippen LogP contribution in [0, 0.1) is 17.2 Å². The maximum absolute atomic E-state index is 9.02. The molecule has 6 heteroatoms. The summed E-state index contributed by atoms with van der Waals surface area (Å²) in [5.41, 5.74) is 7.62. The number of rotatable bonds is 1. The molecule has 6 nitrogen and oxygen atoms in total. The zero-order valence-electron chi connectivity index (χ0n) is 11.3. The molecular weight excluding hydrogens is 252 g/mol. The second-order valence-electron chi connectivity index (χ2n) is 5.37. The molecule has 3 heterocycles. The number of anilines is 1. The van der Waals surface area contributed by atoms with Crippen molar-refractivity contribution in [3.63, 3.8) is 0 Å². The summed E-state index contributed by atoms with van der Waals surface area (Å²) in [7, 11) is 0. The molecule has 102 valence electrons. The van der Waals surface area contributed by atoms with Gasteiger partial charge in [-0.2, -0.15) is 5.26 Å². The van der Waals surface area contributed by atoms with Gasteiger partial charge in [-0.25, -0.2) is 15.0 Å². The van der Waals surface area contributed by atoms with Crippen LogP contribution in [-0.2, 0) is 0 Å². The molecule has 2 N–H and O–H groups in total. The van der Waals surface area contributed by atoms with Crippen molar-refractivity contribution >= 4 is 16.9 Å². The molecule has 0 spiro atoms. The lowest BCUT2D eigenvalue weighted by Gasteiger charge is -2.35. The second kappa shape index (κ2) is 5.02. The van der Waals surface area contributed by atoms with Gasteiger partial charge in [0.05, 0.1) is 11.7 Å². The standard InChI is InChI=1S/C14H16N6/c1-9-4-10(16)8-20(7-9)13-6-18-14-11(19-13)2-3-17-12(14)5-15/h2-3,6,9-10H,4,7-8,16H2,1H3/t9-,10+/m0/s1. The van der Waals surface area contributed by atoms with Crippen molar-refractivity contribution in [1.29, 1.82) is 5.26 Å². The van der Waals surface area contributed by atoms with Gasteiger partial charge in [-0.05, 0) is 18.4 Å². The molecule has 1 saturated heterocycles. The number of fused-ring (bicyclic) bond motifs is 1. The van der Waals surface area contributed by atoms with Gasteiger partial charge < -0.3 is 10.6 Å². The highest BCUT2D eigenvalue weighted by Crippen LogP contribution is 2.22. The van der Waals surface area contributed by atoms with Crippen LogP contribution in [0.25, 0.3) is 11.0 Å². The number of piperidine rings is 1. The summed E-state index contributed by atoms with van der Waals surface area (Å²) in [5, 5.41) is 9.02. The molecule has 1 aliphatic rings. The topological polar surface area (TPSA) is 91.7 Å². The Morgan fingerprint density at radius 2 is 2.25 bits per heavy atom. The van der Waals surface area contributed by atoms with E-state index in [1.165, 1.54) is 0 Å². The van der Waals surface area contributed by atoms with Gasteiger partial charge in [-0.1, -0.05) is 6.92 Å². The molecule has 1 fully saturated rings. The third-order valence-corrected chi connectivity index (χ3v) is 3.57. The Bertz CT molecular complexity index is 667. The molecule has 0 radical (unpaired) electrons. The highest BCUT2D eigenvalue weighted by Gasteiger charge is 2.23. The summed E-state index contributed by atoms with van der Waals surface area (Å²) in [6.45, 7) is 3.92. The molecular formula is C14H16N6. The molecule has 0 aliphatic carbocycles. The monoisotopic (exact) mass is 268 g/mol. The number of hydrogen-bond donors (Lipinski definition) is 1. The number of nitrogens with two attached hydrogens (primary N) is 1. The number of pyridine rings is 1. The van der Waals surface area contributed by atoms with Gasteiger partial charge >= 0.3 is 0 Å². The van der Waals surface area contributed by atoms with E-state index in [1.54, 1.807) is 18.5 Å². The SMILES string of the molecule is C[C@H]1C[C@@H](N)CN(c2cnc3c(C#N)nccc3n2)C1. The fraction of sp³-hybridized carbons (Fsp3) is 0.429. The lowest BCUT2D eigenvalue weighted by Crippen LogP contribution is -2.46. The number of nitriles is 1. The maximum Gasteiger partial charge on any atom is 0.168 e.